The molecule has 6 heteroatoms. The first-order chi connectivity index (χ1) is 13.3. The molecule has 2 aromatic rings. The number of rotatable bonds is 7. The summed E-state index contributed by atoms with van der Waals surface area (Å²) < 4.78 is 0. The first-order valence-electron chi connectivity index (χ1n) is 9.44. The topological polar surface area (TPSA) is 81.7 Å². The van der Waals surface area contributed by atoms with Crippen LogP contribution in [0.15, 0.2) is 48.5 Å². The second-order valence-corrected chi connectivity index (χ2v) is 7.11. The molecule has 0 radical (unpaired) electrons. The Kier molecular flexibility index (Phi) is 7.58. The van der Waals surface area contributed by atoms with Crippen LogP contribution in [0.3, 0.4) is 0 Å². The van der Waals surface area contributed by atoms with Gasteiger partial charge >= 0.3 is 6.03 Å². The monoisotopic (exact) mass is 383 g/mol. The molecule has 0 aliphatic carbocycles. The van der Waals surface area contributed by atoms with Crippen LogP contribution in [0.2, 0.25) is 0 Å². The maximum atomic E-state index is 12.5. The van der Waals surface area contributed by atoms with Crippen molar-refractivity contribution in [3.8, 4) is 0 Å². The van der Waals surface area contributed by atoms with Gasteiger partial charge in [-0.1, -0.05) is 44.2 Å². The van der Waals surface area contributed by atoms with Crippen LogP contribution in [0.4, 0.5) is 16.2 Å². The summed E-state index contributed by atoms with van der Waals surface area (Å²) in [7, 11) is 1.68. The van der Waals surface area contributed by atoms with Crippen LogP contribution in [0.25, 0.3) is 0 Å². The predicted octanol–water partition coefficient (Wildman–Crippen LogP) is 4.04. The lowest BCUT2D eigenvalue weighted by atomic mass is 9.98. The van der Waals surface area contributed by atoms with Gasteiger partial charge in [0.15, 0.2) is 0 Å². The number of anilines is 2. The molecule has 0 spiro atoms. The second-order valence-electron chi connectivity index (χ2n) is 7.11. The Labute approximate surface area is 166 Å². The van der Waals surface area contributed by atoms with E-state index in [1.807, 2.05) is 24.3 Å². The van der Waals surface area contributed by atoms with E-state index in [0.717, 1.165) is 5.56 Å². The fourth-order valence-corrected chi connectivity index (χ4v) is 2.86. The molecule has 3 N–H and O–H groups in total. The molecule has 0 unspecified atom stereocenters. The number of nitrogens with zero attached hydrogens (tertiary/aromatic N) is 1. The van der Waals surface area contributed by atoms with Gasteiger partial charge < -0.3 is 20.6 Å². The van der Waals surface area contributed by atoms with Crippen LogP contribution in [0.5, 0.6) is 0 Å². The molecule has 0 saturated carbocycles. The highest BCUT2D eigenvalue weighted by atomic mass is 16.3. The fraction of sp³-hybridized carbons (Fsp3) is 0.364. The van der Waals surface area contributed by atoms with Crippen LogP contribution >= 0.6 is 0 Å². The SMILES string of the molecule is CC(=O)N(C)c1cccc(NC(=O)N[C@@H](CCO)c2ccc(C(C)C)cc2)c1. The molecule has 0 heterocycles. The molecule has 3 amide bonds. The number of nitrogens with one attached hydrogen (secondary N) is 2. The Balaban J connectivity index is 2.08. The van der Waals surface area contributed by atoms with Gasteiger partial charge in [0.2, 0.25) is 5.91 Å². The number of hydrogen-bond donors (Lipinski definition) is 3. The number of hydrogen-bond acceptors (Lipinski definition) is 3. The van der Waals surface area contributed by atoms with Gasteiger partial charge in [0.1, 0.15) is 0 Å². The molecule has 0 aliphatic heterocycles. The Bertz CT molecular complexity index is 803. The Morgan fingerprint density at radius 3 is 2.29 bits per heavy atom. The summed E-state index contributed by atoms with van der Waals surface area (Å²) in [6.07, 6.45) is 0.418. The highest BCUT2D eigenvalue weighted by Gasteiger charge is 2.15. The highest BCUT2D eigenvalue weighted by Crippen LogP contribution is 2.22. The van der Waals surface area contributed by atoms with Gasteiger partial charge in [0.25, 0.3) is 0 Å². The number of carbonyl (C=O) groups is 2. The third-order valence-electron chi connectivity index (χ3n) is 4.69. The van der Waals surface area contributed by atoms with Gasteiger partial charge in [0, 0.05) is 32.0 Å². The number of carbonyl (C=O) groups excluding carboxylic acids is 2. The standard InChI is InChI=1S/C22H29N3O3/c1-15(2)17-8-10-18(11-9-17)21(12-13-26)24-22(28)23-19-6-5-7-20(14-19)25(4)16(3)27/h5-11,14-15,21,26H,12-13H2,1-4H3,(H2,23,24,28)/t21-/m0/s1. The number of benzene rings is 2. The zero-order valence-electron chi connectivity index (χ0n) is 16.9. The number of urea groups is 1. The molecule has 6 nitrogen and oxygen atoms in total. The third kappa shape index (κ3) is 5.82. The minimum atomic E-state index is -0.367. The molecule has 1 atom stereocenters. The van der Waals surface area contributed by atoms with E-state index in [-0.39, 0.29) is 24.6 Å². The van der Waals surface area contributed by atoms with E-state index in [2.05, 4.69) is 24.5 Å². The van der Waals surface area contributed by atoms with Gasteiger partial charge in [-0.05, 0) is 41.7 Å². The molecule has 2 aromatic carbocycles. The highest BCUT2D eigenvalue weighted by molar-refractivity contribution is 5.93. The fourth-order valence-electron chi connectivity index (χ4n) is 2.86. The maximum absolute atomic E-state index is 12.5. The smallest absolute Gasteiger partial charge is 0.319 e. The molecule has 0 fully saturated rings. The zero-order valence-corrected chi connectivity index (χ0v) is 16.9. The lowest BCUT2D eigenvalue weighted by molar-refractivity contribution is -0.116. The summed E-state index contributed by atoms with van der Waals surface area (Å²) >= 11 is 0. The normalized spacial score (nSPS) is 11.8. The van der Waals surface area contributed by atoms with Crippen LogP contribution in [0, 0.1) is 0 Å². The van der Waals surface area contributed by atoms with Gasteiger partial charge in [-0.3, -0.25) is 4.79 Å². The molecule has 0 bridgehead atoms. The predicted molar refractivity (Wildman–Crippen MR) is 113 cm³/mol. The largest absolute Gasteiger partial charge is 0.396 e. The average Bonchev–Trinajstić information content (AvgIpc) is 2.67. The summed E-state index contributed by atoms with van der Waals surface area (Å²) in [5, 5.41) is 15.1. The first-order valence-corrected chi connectivity index (χ1v) is 9.44. The molecular formula is C22H29N3O3. The van der Waals surface area contributed by atoms with E-state index in [1.54, 1.807) is 31.3 Å². The summed E-state index contributed by atoms with van der Waals surface area (Å²) in [6, 6.07) is 14.5. The third-order valence-corrected chi connectivity index (χ3v) is 4.69. The van der Waals surface area contributed by atoms with Crippen molar-refractivity contribution in [3.05, 3.63) is 59.7 Å². The number of aliphatic hydroxyl groups is 1. The van der Waals surface area contributed by atoms with E-state index in [1.165, 1.54) is 17.4 Å². The van der Waals surface area contributed by atoms with E-state index < -0.39 is 0 Å². The van der Waals surface area contributed by atoms with E-state index in [4.69, 9.17) is 0 Å². The average molecular weight is 383 g/mol. The number of amides is 3. The first kappa shape index (κ1) is 21.4. The molecule has 2 rings (SSSR count). The Hall–Kier alpha value is -2.86. The van der Waals surface area contributed by atoms with Crippen molar-refractivity contribution in [2.45, 2.75) is 39.2 Å². The van der Waals surface area contributed by atoms with Crippen molar-refractivity contribution in [2.75, 3.05) is 23.9 Å². The van der Waals surface area contributed by atoms with Gasteiger partial charge in [-0.2, -0.15) is 0 Å². The van der Waals surface area contributed by atoms with Gasteiger partial charge in [-0.25, -0.2) is 4.79 Å². The van der Waals surface area contributed by atoms with Crippen LogP contribution in [-0.4, -0.2) is 30.7 Å². The minimum absolute atomic E-state index is 0.0320. The zero-order chi connectivity index (χ0) is 20.7. The Morgan fingerprint density at radius 2 is 1.71 bits per heavy atom. The van der Waals surface area contributed by atoms with Crippen LogP contribution < -0.4 is 15.5 Å². The number of aliphatic hydroxyl groups excluding tert-OH is 1. The van der Waals surface area contributed by atoms with Crippen LogP contribution in [-0.2, 0) is 4.79 Å². The van der Waals surface area contributed by atoms with Crippen molar-refractivity contribution in [3.63, 3.8) is 0 Å². The van der Waals surface area contributed by atoms with E-state index >= 15 is 0 Å². The van der Waals surface area contributed by atoms with Crippen molar-refractivity contribution in [1.29, 1.82) is 0 Å². The summed E-state index contributed by atoms with van der Waals surface area (Å²) in [5.74, 6) is 0.344. The molecule has 28 heavy (non-hydrogen) atoms. The van der Waals surface area contributed by atoms with Crippen molar-refractivity contribution in [2.24, 2.45) is 0 Å². The maximum Gasteiger partial charge on any atom is 0.319 e. The lowest BCUT2D eigenvalue weighted by Crippen LogP contribution is -2.33. The summed E-state index contributed by atoms with van der Waals surface area (Å²) in [6.45, 7) is 5.71. The Morgan fingerprint density at radius 1 is 1.07 bits per heavy atom. The lowest BCUT2D eigenvalue weighted by Gasteiger charge is -2.20. The van der Waals surface area contributed by atoms with Crippen molar-refractivity contribution < 1.29 is 14.7 Å². The van der Waals surface area contributed by atoms with Crippen molar-refractivity contribution >= 4 is 23.3 Å². The minimum Gasteiger partial charge on any atom is -0.396 e. The molecular weight excluding hydrogens is 354 g/mol. The van der Waals surface area contributed by atoms with E-state index in [0.29, 0.717) is 23.7 Å². The van der Waals surface area contributed by atoms with Gasteiger partial charge in [0.05, 0.1) is 6.04 Å². The molecule has 150 valence electrons. The second kappa shape index (κ2) is 9.90. The quantitative estimate of drug-likeness (QED) is 0.675. The van der Waals surface area contributed by atoms with Gasteiger partial charge in [-0.15, -0.1) is 0 Å². The molecule has 0 aromatic heterocycles. The van der Waals surface area contributed by atoms with E-state index in [9.17, 15) is 14.7 Å². The van der Waals surface area contributed by atoms with Crippen molar-refractivity contribution in [1.82, 2.24) is 5.32 Å². The molecule has 0 aliphatic rings. The summed E-state index contributed by atoms with van der Waals surface area (Å²) in [4.78, 5) is 25.5. The molecule has 0 saturated heterocycles. The summed E-state index contributed by atoms with van der Waals surface area (Å²) in [5.41, 5.74) is 3.45. The van der Waals surface area contributed by atoms with Crippen LogP contribution in [0.1, 0.15) is 50.3 Å².